The quantitative estimate of drug-likeness (QED) is 0.877. The Morgan fingerprint density at radius 2 is 1.67 bits per heavy atom. The van der Waals surface area contributed by atoms with Gasteiger partial charge in [-0.25, -0.2) is 0 Å². The summed E-state index contributed by atoms with van der Waals surface area (Å²) >= 11 is 0. The Morgan fingerprint density at radius 3 is 2.22 bits per heavy atom. The number of fused-ring (bicyclic) bond motifs is 3. The summed E-state index contributed by atoms with van der Waals surface area (Å²) in [7, 11) is 1.63. The molecule has 5 heteroatoms. The maximum atomic E-state index is 12.6. The lowest BCUT2D eigenvalue weighted by atomic mass is 9.80. The van der Waals surface area contributed by atoms with Crippen LogP contribution in [-0.4, -0.2) is 43.1 Å². The summed E-state index contributed by atoms with van der Waals surface area (Å²) in [6, 6.07) is 15.6. The number of ether oxygens (including phenoxy) is 2. The molecule has 4 atom stereocenters. The summed E-state index contributed by atoms with van der Waals surface area (Å²) in [5.74, 6) is 2.82. The largest absolute Gasteiger partial charge is 0.497 e. The molecule has 3 heterocycles. The second-order valence-corrected chi connectivity index (χ2v) is 7.51. The van der Waals surface area contributed by atoms with Crippen LogP contribution < -0.4 is 14.8 Å². The van der Waals surface area contributed by atoms with Crippen molar-refractivity contribution in [3.8, 4) is 17.2 Å². The molecular formula is C22H26N2O3. The molecule has 0 aliphatic carbocycles. The normalized spacial score (nSPS) is 26.4. The first-order chi connectivity index (χ1) is 13.1. The number of hydrogen-bond donors (Lipinski definition) is 1. The van der Waals surface area contributed by atoms with E-state index in [1.165, 1.54) is 12.8 Å². The predicted molar refractivity (Wildman–Crippen MR) is 105 cm³/mol. The Morgan fingerprint density at radius 1 is 1.04 bits per heavy atom. The number of piperidine rings is 3. The van der Waals surface area contributed by atoms with Crippen molar-refractivity contribution in [1.29, 1.82) is 0 Å². The molecule has 5 rings (SSSR count). The van der Waals surface area contributed by atoms with Crippen molar-refractivity contribution in [2.45, 2.75) is 31.8 Å². The molecule has 3 aliphatic rings. The zero-order valence-electron chi connectivity index (χ0n) is 15.9. The Kier molecular flexibility index (Phi) is 5.03. The SMILES string of the molecule is COc1ccc(Oc2ccc(C(=O)NC3CN4CCC3CC4C)cc2)cc1. The van der Waals surface area contributed by atoms with E-state index in [1.807, 2.05) is 48.5 Å². The van der Waals surface area contributed by atoms with Crippen LogP contribution in [0.15, 0.2) is 48.5 Å². The molecule has 0 spiro atoms. The van der Waals surface area contributed by atoms with Crippen molar-refractivity contribution in [2.75, 3.05) is 20.2 Å². The molecule has 3 fully saturated rings. The number of benzene rings is 2. The van der Waals surface area contributed by atoms with Gasteiger partial charge < -0.3 is 14.8 Å². The first-order valence-electron chi connectivity index (χ1n) is 9.59. The lowest BCUT2D eigenvalue weighted by Crippen LogP contribution is -2.60. The van der Waals surface area contributed by atoms with E-state index >= 15 is 0 Å². The molecule has 27 heavy (non-hydrogen) atoms. The van der Waals surface area contributed by atoms with Crippen LogP contribution in [0.5, 0.6) is 17.2 Å². The highest BCUT2D eigenvalue weighted by molar-refractivity contribution is 5.94. The number of methoxy groups -OCH3 is 1. The third-order valence-corrected chi connectivity index (χ3v) is 5.78. The van der Waals surface area contributed by atoms with Gasteiger partial charge in [0, 0.05) is 24.2 Å². The molecule has 5 nitrogen and oxygen atoms in total. The molecule has 1 N–H and O–H groups in total. The minimum atomic E-state index is -0.00241. The standard InChI is InChI=1S/C22H26N2O3/c1-15-13-17-11-12-24(15)14-21(17)23-22(25)16-3-5-19(6-4-16)27-20-9-7-18(26-2)8-10-20/h3-10,15,17,21H,11-14H2,1-2H3,(H,23,25). The number of nitrogens with zero attached hydrogens (tertiary/aromatic N) is 1. The van der Waals surface area contributed by atoms with E-state index in [0.717, 1.165) is 24.6 Å². The van der Waals surface area contributed by atoms with Gasteiger partial charge in [-0.1, -0.05) is 0 Å². The molecule has 142 valence electrons. The van der Waals surface area contributed by atoms with Gasteiger partial charge in [0.05, 0.1) is 7.11 Å². The minimum Gasteiger partial charge on any atom is -0.497 e. The fourth-order valence-corrected chi connectivity index (χ4v) is 4.16. The van der Waals surface area contributed by atoms with Crippen LogP contribution in [0.2, 0.25) is 0 Å². The number of hydrogen-bond acceptors (Lipinski definition) is 4. The molecule has 4 unspecified atom stereocenters. The molecule has 3 aliphatic heterocycles. The average molecular weight is 366 g/mol. The van der Waals surface area contributed by atoms with Crippen LogP contribution in [0.1, 0.15) is 30.1 Å². The van der Waals surface area contributed by atoms with Gasteiger partial charge in [-0.05, 0) is 80.8 Å². The third kappa shape index (κ3) is 3.93. The Labute approximate surface area is 160 Å². The number of rotatable bonds is 5. The Hall–Kier alpha value is -2.53. The lowest BCUT2D eigenvalue weighted by Gasteiger charge is -2.48. The van der Waals surface area contributed by atoms with E-state index in [0.29, 0.717) is 23.3 Å². The van der Waals surface area contributed by atoms with Crippen LogP contribution in [0.3, 0.4) is 0 Å². The van der Waals surface area contributed by atoms with Gasteiger partial charge in [-0.15, -0.1) is 0 Å². The van der Waals surface area contributed by atoms with Crippen LogP contribution in [-0.2, 0) is 0 Å². The second kappa shape index (κ2) is 7.61. The first-order valence-corrected chi connectivity index (χ1v) is 9.59. The second-order valence-electron chi connectivity index (χ2n) is 7.51. The molecule has 0 aromatic heterocycles. The summed E-state index contributed by atoms with van der Waals surface area (Å²) in [6.45, 7) is 4.41. The van der Waals surface area contributed by atoms with E-state index in [4.69, 9.17) is 9.47 Å². The van der Waals surface area contributed by atoms with Crippen LogP contribution in [0.25, 0.3) is 0 Å². The van der Waals surface area contributed by atoms with Crippen molar-refractivity contribution in [3.05, 3.63) is 54.1 Å². The van der Waals surface area contributed by atoms with E-state index in [-0.39, 0.29) is 11.9 Å². The van der Waals surface area contributed by atoms with Crippen molar-refractivity contribution in [1.82, 2.24) is 10.2 Å². The fraction of sp³-hybridized carbons (Fsp3) is 0.409. The number of amides is 1. The minimum absolute atomic E-state index is 0.00241. The molecule has 0 saturated carbocycles. The smallest absolute Gasteiger partial charge is 0.251 e. The monoisotopic (exact) mass is 366 g/mol. The van der Waals surface area contributed by atoms with Crippen molar-refractivity contribution >= 4 is 5.91 Å². The van der Waals surface area contributed by atoms with Gasteiger partial charge in [0.25, 0.3) is 5.91 Å². The Bertz CT molecular complexity index is 788. The number of carbonyl (C=O) groups excluding carboxylic acids is 1. The summed E-state index contributed by atoms with van der Waals surface area (Å²) in [5, 5.41) is 3.23. The molecule has 2 aromatic carbocycles. The summed E-state index contributed by atoms with van der Waals surface area (Å²) in [5.41, 5.74) is 0.668. The average Bonchev–Trinajstić information content (AvgIpc) is 2.70. The van der Waals surface area contributed by atoms with Crippen LogP contribution >= 0.6 is 0 Å². The molecule has 2 bridgehead atoms. The van der Waals surface area contributed by atoms with Crippen molar-refractivity contribution < 1.29 is 14.3 Å². The predicted octanol–water partition coefficient (Wildman–Crippen LogP) is 3.70. The fourth-order valence-electron chi connectivity index (χ4n) is 4.16. The summed E-state index contributed by atoms with van der Waals surface area (Å²) in [4.78, 5) is 15.1. The summed E-state index contributed by atoms with van der Waals surface area (Å²) in [6.07, 6.45) is 2.36. The van der Waals surface area contributed by atoms with Gasteiger partial charge >= 0.3 is 0 Å². The van der Waals surface area contributed by atoms with Crippen molar-refractivity contribution in [3.63, 3.8) is 0 Å². The lowest BCUT2D eigenvalue weighted by molar-refractivity contribution is 0.0274. The highest BCUT2D eigenvalue weighted by atomic mass is 16.5. The maximum absolute atomic E-state index is 12.6. The zero-order valence-corrected chi connectivity index (χ0v) is 15.9. The molecular weight excluding hydrogens is 340 g/mol. The van der Waals surface area contributed by atoms with Gasteiger partial charge in [0.15, 0.2) is 0 Å². The highest BCUT2D eigenvalue weighted by Crippen LogP contribution is 2.32. The van der Waals surface area contributed by atoms with Gasteiger partial charge in [-0.2, -0.15) is 0 Å². The number of nitrogens with one attached hydrogen (secondary N) is 1. The molecule has 0 radical (unpaired) electrons. The van der Waals surface area contributed by atoms with Crippen molar-refractivity contribution in [2.24, 2.45) is 5.92 Å². The van der Waals surface area contributed by atoms with Gasteiger partial charge in [0.2, 0.25) is 0 Å². The van der Waals surface area contributed by atoms with Gasteiger partial charge in [-0.3, -0.25) is 9.69 Å². The van der Waals surface area contributed by atoms with E-state index in [2.05, 4.69) is 17.1 Å². The summed E-state index contributed by atoms with van der Waals surface area (Å²) < 4.78 is 11.0. The molecule has 1 amide bonds. The van der Waals surface area contributed by atoms with Crippen LogP contribution in [0, 0.1) is 5.92 Å². The van der Waals surface area contributed by atoms with E-state index in [9.17, 15) is 4.79 Å². The number of carbonyl (C=O) groups is 1. The topological polar surface area (TPSA) is 50.8 Å². The molecule has 3 saturated heterocycles. The highest BCUT2D eigenvalue weighted by Gasteiger charge is 2.38. The maximum Gasteiger partial charge on any atom is 0.251 e. The molecule has 2 aromatic rings. The Balaban J connectivity index is 1.36. The zero-order chi connectivity index (χ0) is 18.8. The van der Waals surface area contributed by atoms with Crippen LogP contribution in [0.4, 0.5) is 0 Å². The van der Waals surface area contributed by atoms with Gasteiger partial charge in [0.1, 0.15) is 17.2 Å². The van der Waals surface area contributed by atoms with E-state index < -0.39 is 0 Å². The van der Waals surface area contributed by atoms with E-state index in [1.54, 1.807) is 7.11 Å². The third-order valence-electron chi connectivity index (χ3n) is 5.78. The first kappa shape index (κ1) is 17.9.